The van der Waals surface area contributed by atoms with Crippen molar-refractivity contribution in [2.24, 2.45) is 0 Å². The first kappa shape index (κ1) is 16.2. The normalized spacial score (nSPS) is 21.0. The highest BCUT2D eigenvalue weighted by Crippen LogP contribution is 2.23. The van der Waals surface area contributed by atoms with E-state index in [-0.39, 0.29) is 11.1 Å². The minimum atomic E-state index is -3.60. The van der Waals surface area contributed by atoms with Crippen LogP contribution in [0.4, 0.5) is 5.69 Å². The average Bonchev–Trinajstić information content (AvgIpc) is 2.70. The molecule has 1 aromatic rings. The van der Waals surface area contributed by atoms with Gasteiger partial charge in [0.25, 0.3) is 10.0 Å². The molecular formula is C14H23N3O3S. The molecule has 1 N–H and O–H groups in total. The number of aromatic nitrogens is 1. The maximum absolute atomic E-state index is 12.8. The maximum Gasteiger partial charge on any atom is 0.262 e. The van der Waals surface area contributed by atoms with E-state index in [1.165, 1.54) is 10.5 Å². The molecule has 1 aliphatic heterocycles. The van der Waals surface area contributed by atoms with Crippen LogP contribution in [-0.4, -0.2) is 50.1 Å². The van der Waals surface area contributed by atoms with Crippen molar-refractivity contribution in [2.75, 3.05) is 31.6 Å². The van der Waals surface area contributed by atoms with Crippen LogP contribution < -0.4 is 5.32 Å². The highest BCUT2D eigenvalue weighted by Gasteiger charge is 2.30. The topological polar surface area (TPSA) is 71.5 Å². The molecule has 0 aliphatic carbocycles. The van der Waals surface area contributed by atoms with Gasteiger partial charge in [0.2, 0.25) is 0 Å². The molecule has 1 unspecified atom stereocenters. The van der Waals surface area contributed by atoms with Gasteiger partial charge in [0.05, 0.1) is 11.8 Å². The quantitative estimate of drug-likeness (QED) is 0.896. The Kier molecular flexibility index (Phi) is 5.55. The maximum atomic E-state index is 12.8. The second-order valence-electron chi connectivity index (χ2n) is 5.18. The zero-order chi connectivity index (χ0) is 15.3. The van der Waals surface area contributed by atoms with Gasteiger partial charge in [-0.1, -0.05) is 6.92 Å². The molecule has 0 radical (unpaired) electrons. The lowest BCUT2D eigenvalue weighted by Crippen LogP contribution is -2.36. The lowest BCUT2D eigenvalue weighted by atomic mass is 10.4. The molecule has 21 heavy (non-hydrogen) atoms. The minimum absolute atomic E-state index is 0.0990. The van der Waals surface area contributed by atoms with Gasteiger partial charge in [-0.05, 0) is 31.9 Å². The van der Waals surface area contributed by atoms with Crippen molar-refractivity contribution in [2.45, 2.75) is 37.8 Å². The monoisotopic (exact) mass is 313 g/mol. The molecule has 7 heteroatoms. The standard InChI is InChI=1S/C14H23N3O3S/c1-3-7-15-13-6-4-8-16-14(13)21(18,19)17-9-5-10-20-12(2)11-17/h4,6,8,12,15H,3,5,7,9-11H2,1-2H3. The summed E-state index contributed by atoms with van der Waals surface area (Å²) in [6.45, 7) is 6.07. The molecule has 1 aliphatic rings. The number of nitrogens with one attached hydrogen (secondary N) is 1. The fraction of sp³-hybridized carbons (Fsp3) is 0.643. The fourth-order valence-electron chi connectivity index (χ4n) is 2.29. The summed E-state index contributed by atoms with van der Waals surface area (Å²) >= 11 is 0. The average molecular weight is 313 g/mol. The number of hydrogen-bond donors (Lipinski definition) is 1. The van der Waals surface area contributed by atoms with Gasteiger partial charge < -0.3 is 10.1 Å². The van der Waals surface area contributed by atoms with Crippen LogP contribution in [0.2, 0.25) is 0 Å². The Bertz CT molecular complexity index is 562. The molecule has 1 aromatic heterocycles. The predicted octanol–water partition coefficient (Wildman–Crippen LogP) is 1.70. The highest BCUT2D eigenvalue weighted by atomic mass is 32.2. The first-order valence-electron chi connectivity index (χ1n) is 7.36. The Morgan fingerprint density at radius 1 is 1.52 bits per heavy atom. The van der Waals surface area contributed by atoms with Crippen LogP contribution in [0.3, 0.4) is 0 Å². The molecule has 0 saturated carbocycles. The van der Waals surface area contributed by atoms with Crippen LogP contribution in [0.25, 0.3) is 0 Å². The van der Waals surface area contributed by atoms with Crippen molar-refractivity contribution >= 4 is 15.7 Å². The molecule has 0 bridgehead atoms. The van der Waals surface area contributed by atoms with Crippen molar-refractivity contribution in [3.8, 4) is 0 Å². The molecular weight excluding hydrogens is 290 g/mol. The summed E-state index contributed by atoms with van der Waals surface area (Å²) in [5, 5.41) is 3.24. The van der Waals surface area contributed by atoms with Crippen LogP contribution in [0, 0.1) is 0 Å². The molecule has 1 fully saturated rings. The van der Waals surface area contributed by atoms with Gasteiger partial charge in [0.1, 0.15) is 0 Å². The smallest absolute Gasteiger partial charge is 0.262 e. The van der Waals surface area contributed by atoms with Gasteiger partial charge >= 0.3 is 0 Å². The first-order chi connectivity index (χ1) is 10.1. The molecule has 6 nitrogen and oxygen atoms in total. The third-order valence-corrected chi connectivity index (χ3v) is 5.16. The Balaban J connectivity index is 2.30. The Morgan fingerprint density at radius 3 is 3.10 bits per heavy atom. The van der Waals surface area contributed by atoms with Gasteiger partial charge in [-0.2, -0.15) is 4.31 Å². The van der Waals surface area contributed by atoms with E-state index in [1.807, 2.05) is 13.8 Å². The molecule has 0 amide bonds. The number of anilines is 1. The summed E-state index contributed by atoms with van der Waals surface area (Å²) in [6, 6.07) is 3.50. The summed E-state index contributed by atoms with van der Waals surface area (Å²) in [7, 11) is -3.60. The van der Waals surface area contributed by atoms with E-state index >= 15 is 0 Å². The molecule has 1 saturated heterocycles. The predicted molar refractivity (Wildman–Crippen MR) is 81.8 cm³/mol. The van der Waals surface area contributed by atoms with Gasteiger partial charge in [-0.3, -0.25) is 0 Å². The van der Waals surface area contributed by atoms with Gasteiger partial charge in [-0.15, -0.1) is 0 Å². The molecule has 2 heterocycles. The lowest BCUT2D eigenvalue weighted by Gasteiger charge is -2.22. The SMILES string of the molecule is CCCNc1cccnc1S(=O)(=O)N1CCCOC(C)C1. The summed E-state index contributed by atoms with van der Waals surface area (Å²) in [6.07, 6.45) is 3.04. The minimum Gasteiger partial charge on any atom is -0.383 e. The van der Waals surface area contributed by atoms with E-state index in [0.29, 0.717) is 38.3 Å². The third-order valence-electron chi connectivity index (χ3n) is 3.34. The molecule has 118 valence electrons. The Morgan fingerprint density at radius 2 is 2.33 bits per heavy atom. The number of ether oxygens (including phenoxy) is 1. The van der Waals surface area contributed by atoms with E-state index < -0.39 is 10.0 Å². The number of sulfonamides is 1. The van der Waals surface area contributed by atoms with E-state index in [2.05, 4.69) is 10.3 Å². The molecule has 0 spiro atoms. The summed E-state index contributed by atoms with van der Waals surface area (Å²) in [4.78, 5) is 4.10. The summed E-state index contributed by atoms with van der Waals surface area (Å²) in [5.41, 5.74) is 0.567. The highest BCUT2D eigenvalue weighted by molar-refractivity contribution is 7.89. The van der Waals surface area contributed by atoms with Gasteiger partial charge in [0.15, 0.2) is 5.03 Å². The van der Waals surface area contributed by atoms with Crippen LogP contribution in [-0.2, 0) is 14.8 Å². The zero-order valence-electron chi connectivity index (χ0n) is 12.6. The van der Waals surface area contributed by atoms with Crippen LogP contribution in [0.5, 0.6) is 0 Å². The largest absolute Gasteiger partial charge is 0.383 e. The van der Waals surface area contributed by atoms with Crippen molar-refractivity contribution in [1.82, 2.24) is 9.29 Å². The van der Waals surface area contributed by atoms with Gasteiger partial charge in [0, 0.05) is 32.4 Å². The molecule has 0 aromatic carbocycles. The van der Waals surface area contributed by atoms with Crippen molar-refractivity contribution in [3.63, 3.8) is 0 Å². The summed E-state index contributed by atoms with van der Waals surface area (Å²) in [5.74, 6) is 0. The second-order valence-corrected chi connectivity index (χ2v) is 7.03. The third kappa shape index (κ3) is 3.93. The van der Waals surface area contributed by atoms with E-state index in [9.17, 15) is 8.42 Å². The number of nitrogens with zero attached hydrogens (tertiary/aromatic N) is 2. The number of pyridine rings is 1. The van der Waals surface area contributed by atoms with E-state index in [1.54, 1.807) is 12.1 Å². The van der Waals surface area contributed by atoms with Crippen molar-refractivity contribution in [3.05, 3.63) is 18.3 Å². The first-order valence-corrected chi connectivity index (χ1v) is 8.80. The van der Waals surface area contributed by atoms with Crippen LogP contribution >= 0.6 is 0 Å². The number of rotatable bonds is 5. The van der Waals surface area contributed by atoms with Crippen molar-refractivity contribution < 1.29 is 13.2 Å². The Hall–Kier alpha value is -1.18. The molecule has 1 atom stereocenters. The fourth-order valence-corrected chi connectivity index (χ4v) is 3.92. The van der Waals surface area contributed by atoms with E-state index in [0.717, 1.165) is 6.42 Å². The van der Waals surface area contributed by atoms with Gasteiger partial charge in [-0.25, -0.2) is 13.4 Å². The van der Waals surface area contributed by atoms with Crippen LogP contribution in [0.15, 0.2) is 23.4 Å². The van der Waals surface area contributed by atoms with Crippen LogP contribution in [0.1, 0.15) is 26.7 Å². The molecule has 2 rings (SSSR count). The zero-order valence-corrected chi connectivity index (χ0v) is 13.4. The van der Waals surface area contributed by atoms with E-state index in [4.69, 9.17) is 4.74 Å². The summed E-state index contributed by atoms with van der Waals surface area (Å²) < 4.78 is 32.7. The second kappa shape index (κ2) is 7.20. The number of hydrogen-bond acceptors (Lipinski definition) is 5. The van der Waals surface area contributed by atoms with Crippen molar-refractivity contribution in [1.29, 1.82) is 0 Å². The lowest BCUT2D eigenvalue weighted by molar-refractivity contribution is 0.0752. The Labute approximate surface area is 126 Å².